The molecule has 10 N–H and O–H groups in total. The molecule has 0 spiro atoms. The maximum Gasteiger partial charge on any atom is 0.0414 e. The summed E-state index contributed by atoms with van der Waals surface area (Å²) < 4.78 is 0. The Morgan fingerprint density at radius 3 is 0.820 bits per heavy atom. The van der Waals surface area contributed by atoms with Gasteiger partial charge in [-0.2, -0.15) is 16.6 Å². The van der Waals surface area contributed by atoms with E-state index in [1.165, 1.54) is 128 Å². The number of nitrogens with one attached hydrogen (secondary N) is 4. The van der Waals surface area contributed by atoms with Crippen molar-refractivity contribution in [2.24, 2.45) is 0 Å². The number of aliphatic carboxylic acids is 2. The summed E-state index contributed by atoms with van der Waals surface area (Å²) in [7, 11) is 0. The van der Waals surface area contributed by atoms with Gasteiger partial charge in [-0.3, -0.25) is 0 Å². The summed E-state index contributed by atoms with van der Waals surface area (Å²) in [6, 6.07) is 0. The van der Waals surface area contributed by atoms with Gasteiger partial charge in [0, 0.05) is 11.9 Å². The third kappa shape index (κ3) is 90.5. The number of carboxylic acid groups (broad SMARTS) is 2. The van der Waals surface area contributed by atoms with E-state index in [0.29, 0.717) is 0 Å². The molecule has 0 unspecified atom stereocenters. The third-order valence-corrected chi connectivity index (χ3v) is 7.29. The number of carbonyl (C=O) groups excluding carboxylic acids is 2. The Kier molecular flexibility index (Phi) is 75.0. The van der Waals surface area contributed by atoms with Crippen molar-refractivity contribution in [3.05, 3.63) is 34.7 Å². The molecule has 0 saturated heterocycles. The van der Waals surface area contributed by atoms with Gasteiger partial charge >= 0.3 is 0 Å². The quantitative estimate of drug-likeness (QED) is 0.0205. The van der Waals surface area contributed by atoms with Crippen LogP contribution < -0.4 is 26.8 Å². The van der Waals surface area contributed by atoms with E-state index in [0.717, 1.165) is 38.5 Å². The maximum absolute atomic E-state index is 10.2. The number of unbranched alkanes of at least 4 members (excludes halogenated alkanes) is 22. The van der Waals surface area contributed by atoms with Gasteiger partial charge in [0.05, 0.1) is 0 Å². The van der Waals surface area contributed by atoms with E-state index in [1.54, 1.807) is 0 Å². The summed E-state index contributed by atoms with van der Waals surface area (Å²) in [5.41, 5.74) is 32.3. The van der Waals surface area contributed by atoms with Crippen molar-refractivity contribution in [1.29, 1.82) is 22.1 Å². The second-order valence-corrected chi connectivity index (χ2v) is 11.7. The molecule has 0 rings (SSSR count). The molecule has 0 aliphatic rings. The fourth-order valence-electron chi connectivity index (χ4n) is 4.68. The molecule has 50 heavy (non-hydrogen) atoms. The van der Waals surface area contributed by atoms with E-state index >= 15 is 0 Å². The molecule has 14 heteroatoms. The lowest BCUT2D eigenvalue weighted by atomic mass is 10.1. The topological polar surface area (TPSA) is 302 Å². The first kappa shape index (κ1) is 58.6. The summed E-state index contributed by atoms with van der Waals surface area (Å²) in [6.45, 7) is 4.51. The first-order valence-corrected chi connectivity index (χ1v) is 18.7. The average molecular weight is 717 g/mol. The molecule has 0 aromatic carbocycles. The minimum absolute atomic E-state index is 0.220. The van der Waals surface area contributed by atoms with Crippen LogP contribution in [0.1, 0.15) is 194 Å². The Bertz CT molecular complexity index is 672. The van der Waals surface area contributed by atoms with E-state index in [2.05, 4.69) is 54.7 Å². The van der Waals surface area contributed by atoms with Crippen LogP contribution in [0.25, 0.3) is 0 Å². The van der Waals surface area contributed by atoms with Crippen molar-refractivity contribution in [1.82, 2.24) is 0 Å². The van der Waals surface area contributed by atoms with Crippen LogP contribution in [-0.2, 0) is 9.59 Å². The van der Waals surface area contributed by atoms with Crippen molar-refractivity contribution in [2.75, 3.05) is 0 Å². The van der Waals surface area contributed by atoms with Crippen LogP contribution in [0.2, 0.25) is 0 Å². The van der Waals surface area contributed by atoms with Crippen LogP contribution in [0.4, 0.5) is 0 Å². The second-order valence-electron chi connectivity index (χ2n) is 11.7. The lowest BCUT2D eigenvalue weighted by Crippen LogP contribution is -2.21. The van der Waals surface area contributed by atoms with Gasteiger partial charge < -0.3 is 30.2 Å². The SMILES string of the molecule is CCCCCCCC/C=C\CCCCCCCC(=O)[O-].CCCCCCCC/C=C\CCCCCCCC(=O)[O-].N=[N+]([O-])[O-].N=[NH2+].N=[NH2+].N=[NH2+]. The molecule has 0 heterocycles. The van der Waals surface area contributed by atoms with Crippen molar-refractivity contribution >= 4 is 11.9 Å². The van der Waals surface area contributed by atoms with E-state index in [1.807, 2.05) is 0 Å². The molecule has 0 radical (unpaired) electrons. The molecule has 0 aliphatic heterocycles. The highest BCUT2D eigenvalue weighted by Gasteiger charge is 1.93. The Balaban J connectivity index is -0.000000153. The Hall–Kier alpha value is -3.58. The summed E-state index contributed by atoms with van der Waals surface area (Å²) in [6.07, 6.45) is 41.8. The van der Waals surface area contributed by atoms with Gasteiger partial charge in [-0.15, -0.1) is 0 Å². The molecule has 0 aromatic heterocycles. The standard InChI is InChI=1S/2C18H34O2.HN2O2.3H2N2/c2*1-2-3-4-5-6-7-8-9-10-11-12-13-14-15-16-17-18(19)20;1-2(3)4;3*1-2/h2*9-10H,2-8,11-17H2,1H3,(H,19,20);(H-,1,3,4);3*1-2H/q;;-1;;;/p+1/b2*10-9-;;;;. The fraction of sp³-hybridized carbons (Fsp3) is 0.833. The van der Waals surface area contributed by atoms with Crippen LogP contribution in [0.15, 0.2) is 24.3 Å². The molecule has 0 fully saturated rings. The first-order valence-electron chi connectivity index (χ1n) is 18.7. The Morgan fingerprint density at radius 2 is 0.620 bits per heavy atom. The molecular weight excluding hydrogens is 640 g/mol. The van der Waals surface area contributed by atoms with Crippen LogP contribution in [0.5, 0.6) is 0 Å². The van der Waals surface area contributed by atoms with Gasteiger partial charge in [0.25, 0.3) is 0 Å². The first-order chi connectivity index (χ1) is 24.3. The van der Waals surface area contributed by atoms with Gasteiger partial charge in [-0.25, -0.2) is 0 Å². The smallest absolute Gasteiger partial charge is 0.0414 e. The van der Waals surface area contributed by atoms with Gasteiger partial charge in [-0.05, 0) is 82.6 Å². The van der Waals surface area contributed by atoms with Gasteiger partial charge in [0.1, 0.15) is 0 Å². The van der Waals surface area contributed by atoms with Gasteiger partial charge in [0.2, 0.25) is 0 Å². The van der Waals surface area contributed by atoms with Crippen molar-refractivity contribution in [3.8, 4) is 0 Å². The highest BCUT2D eigenvalue weighted by Crippen LogP contribution is 2.11. The predicted molar refractivity (Wildman–Crippen MR) is 193 cm³/mol. The molecule has 0 aliphatic carbocycles. The normalized spacial score (nSPS) is 9.72. The number of allylic oxidation sites excluding steroid dienone is 4. The number of nitrogens with zero attached hydrogens (tertiary/aromatic N) is 1. The second kappa shape index (κ2) is 64.0. The summed E-state index contributed by atoms with van der Waals surface area (Å²) in [4.78, 5) is 20.4. The number of hydrogen-bond donors (Lipinski definition) is 7. The van der Waals surface area contributed by atoms with Crippen molar-refractivity contribution in [2.45, 2.75) is 194 Å². The molecular formula is C36H76N8O6. The zero-order valence-electron chi connectivity index (χ0n) is 31.7. The van der Waals surface area contributed by atoms with Crippen molar-refractivity contribution in [3.63, 3.8) is 0 Å². The van der Waals surface area contributed by atoms with Crippen LogP contribution in [-0.4, -0.2) is 17.0 Å². The number of carbonyl (C=O) groups is 2. The lowest BCUT2D eigenvalue weighted by Gasteiger charge is -2.01. The molecule has 0 amide bonds. The van der Waals surface area contributed by atoms with E-state index in [-0.39, 0.29) is 12.8 Å². The number of hydrogen-bond acceptors (Lipinski definition) is 10. The van der Waals surface area contributed by atoms with E-state index in [9.17, 15) is 19.8 Å². The van der Waals surface area contributed by atoms with Gasteiger partial charge in [0.15, 0.2) is 0 Å². The average Bonchev–Trinajstić information content (AvgIpc) is 3.10. The minimum atomic E-state index is -1.25. The maximum atomic E-state index is 10.2. The predicted octanol–water partition coefficient (Wildman–Crippen LogP) is 5.90. The zero-order valence-corrected chi connectivity index (χ0v) is 31.7. The number of rotatable bonds is 30. The summed E-state index contributed by atoms with van der Waals surface area (Å²) in [5, 5.41) is 36.1. The largest absolute Gasteiger partial charge is 0.588 e. The molecule has 0 atom stereocenters. The molecule has 296 valence electrons. The monoisotopic (exact) mass is 717 g/mol. The van der Waals surface area contributed by atoms with Crippen molar-refractivity contribution < 1.29 is 41.4 Å². The number of carboxylic acids is 2. The highest BCUT2D eigenvalue weighted by molar-refractivity contribution is 5.64. The lowest BCUT2D eigenvalue weighted by molar-refractivity contribution is -0.482. The molecule has 0 bridgehead atoms. The van der Waals surface area contributed by atoms with Crippen LogP contribution >= 0.6 is 0 Å². The van der Waals surface area contributed by atoms with Gasteiger partial charge in [-0.1, -0.05) is 163 Å². The third-order valence-electron chi connectivity index (χ3n) is 7.29. The number of nitrogens with two attached hydrogens (primary N) is 3. The summed E-state index contributed by atoms with van der Waals surface area (Å²) >= 11 is 0. The summed E-state index contributed by atoms with van der Waals surface area (Å²) in [5.74, 6) is -1.83. The molecule has 0 aromatic rings. The molecule has 14 nitrogen and oxygen atoms in total. The fourth-order valence-corrected chi connectivity index (χ4v) is 4.68. The highest BCUT2D eigenvalue weighted by atomic mass is 16.8. The Morgan fingerprint density at radius 1 is 0.440 bits per heavy atom. The Labute approximate surface area is 303 Å². The van der Waals surface area contributed by atoms with Crippen LogP contribution in [0.3, 0.4) is 0 Å². The molecule has 0 saturated carbocycles. The van der Waals surface area contributed by atoms with E-state index < -0.39 is 17.0 Å². The van der Waals surface area contributed by atoms with Crippen LogP contribution in [0, 0.1) is 32.5 Å². The van der Waals surface area contributed by atoms with E-state index in [4.69, 9.17) is 32.5 Å². The zero-order chi connectivity index (χ0) is 39.4. The minimum Gasteiger partial charge on any atom is -0.588 e.